The molecule has 0 bridgehead atoms. The van der Waals surface area contributed by atoms with Crippen LogP contribution in [0, 0.1) is 0 Å². The first-order valence-corrected chi connectivity index (χ1v) is 6.13. The topological polar surface area (TPSA) is 65.1 Å². The predicted octanol–water partition coefficient (Wildman–Crippen LogP) is 1.43. The fourth-order valence-electron chi connectivity index (χ4n) is 2.20. The van der Waals surface area contributed by atoms with Gasteiger partial charge in [0.15, 0.2) is 5.65 Å². The fraction of sp³-hybridized carbons (Fsp3) is 0. The van der Waals surface area contributed by atoms with Crippen LogP contribution in [0.2, 0.25) is 0 Å². The maximum atomic E-state index is 12.5. The molecular weight excluding hydrogens is 254 g/mol. The molecule has 4 aromatic rings. The summed E-state index contributed by atoms with van der Waals surface area (Å²) in [6.45, 7) is 0. The second kappa shape index (κ2) is 3.99. The molecule has 0 aliphatic carbocycles. The zero-order chi connectivity index (χ0) is 13.5. The van der Waals surface area contributed by atoms with Gasteiger partial charge in [-0.1, -0.05) is 35.5 Å². The Labute approximate surface area is 112 Å². The third-order valence-electron chi connectivity index (χ3n) is 3.15. The highest BCUT2D eigenvalue weighted by atomic mass is 16.2. The van der Waals surface area contributed by atoms with E-state index < -0.39 is 0 Å². The molecule has 0 saturated heterocycles. The van der Waals surface area contributed by atoms with Gasteiger partial charge in [0, 0.05) is 5.39 Å². The van der Waals surface area contributed by atoms with Crippen molar-refractivity contribution in [2.45, 2.75) is 0 Å². The Morgan fingerprint density at radius 1 is 0.900 bits per heavy atom. The minimum absolute atomic E-state index is 0.336. The largest absolute Gasteiger partial charge is 0.373 e. The van der Waals surface area contributed by atoms with Crippen molar-refractivity contribution in [2.24, 2.45) is 0 Å². The molecule has 20 heavy (non-hydrogen) atoms. The van der Waals surface area contributed by atoms with Gasteiger partial charge in [-0.15, -0.1) is 5.10 Å². The van der Waals surface area contributed by atoms with Crippen LogP contribution in [0.3, 0.4) is 0 Å². The predicted molar refractivity (Wildman–Crippen MR) is 73.9 cm³/mol. The number of benzene rings is 2. The zero-order valence-electron chi connectivity index (χ0n) is 10.3. The van der Waals surface area contributed by atoms with Crippen molar-refractivity contribution < 1.29 is 0 Å². The second-order valence-electron chi connectivity index (χ2n) is 4.37. The van der Waals surface area contributed by atoms with E-state index in [9.17, 15) is 4.79 Å². The lowest BCUT2D eigenvalue weighted by atomic mass is 10.2. The monoisotopic (exact) mass is 263 g/mol. The molecule has 0 unspecified atom stereocenters. The first-order chi connectivity index (χ1) is 9.84. The van der Waals surface area contributed by atoms with Crippen molar-refractivity contribution in [3.63, 3.8) is 0 Å². The van der Waals surface area contributed by atoms with Crippen molar-refractivity contribution in [2.75, 3.05) is 0 Å². The molecule has 0 amide bonds. The first kappa shape index (κ1) is 10.9. The summed E-state index contributed by atoms with van der Waals surface area (Å²) in [5.41, 5.74) is 1.52. The molecule has 0 aliphatic rings. The normalized spacial score (nSPS) is 11.2. The number of aromatic nitrogens is 5. The highest BCUT2D eigenvalue weighted by Gasteiger charge is 2.11. The lowest BCUT2D eigenvalue weighted by molar-refractivity contribution is 0.652. The molecule has 0 radical (unpaired) electrons. The molecule has 96 valence electrons. The minimum Gasteiger partial charge on any atom is -0.243 e. The van der Waals surface area contributed by atoms with Gasteiger partial charge in [0.2, 0.25) is 0 Å². The van der Waals surface area contributed by atoms with Crippen LogP contribution in [0.5, 0.6) is 0 Å². The average Bonchev–Trinajstić information content (AvgIpc) is 2.88. The maximum Gasteiger partial charge on any atom is 0.373 e. The summed E-state index contributed by atoms with van der Waals surface area (Å²) in [4.78, 5) is 12.5. The van der Waals surface area contributed by atoms with Crippen molar-refractivity contribution in [1.29, 1.82) is 0 Å². The van der Waals surface area contributed by atoms with Crippen LogP contribution in [0.1, 0.15) is 0 Å². The van der Waals surface area contributed by atoms with Gasteiger partial charge in [0.05, 0.1) is 11.2 Å². The van der Waals surface area contributed by atoms with Gasteiger partial charge in [0.1, 0.15) is 0 Å². The van der Waals surface area contributed by atoms with Gasteiger partial charge in [-0.2, -0.15) is 14.3 Å². The number of hydrogen-bond acceptors (Lipinski definition) is 4. The van der Waals surface area contributed by atoms with E-state index in [0.29, 0.717) is 11.3 Å². The van der Waals surface area contributed by atoms with Gasteiger partial charge in [-0.3, -0.25) is 0 Å². The highest BCUT2D eigenvalue weighted by molar-refractivity contribution is 5.91. The molecule has 2 aromatic heterocycles. The van der Waals surface area contributed by atoms with Crippen LogP contribution in [0.15, 0.2) is 59.4 Å². The van der Waals surface area contributed by atoms with Crippen molar-refractivity contribution >= 4 is 16.6 Å². The Morgan fingerprint density at radius 2 is 1.65 bits per heavy atom. The van der Waals surface area contributed by atoms with Gasteiger partial charge in [0.25, 0.3) is 0 Å². The van der Waals surface area contributed by atoms with Crippen LogP contribution in [-0.2, 0) is 0 Å². The van der Waals surface area contributed by atoms with Crippen LogP contribution in [0.25, 0.3) is 22.2 Å². The van der Waals surface area contributed by atoms with Crippen LogP contribution >= 0.6 is 0 Å². The summed E-state index contributed by atoms with van der Waals surface area (Å²) in [5.74, 6) is 0. The number of hydrogen-bond donors (Lipinski definition) is 0. The molecular formula is C14H9N5O. The summed E-state index contributed by atoms with van der Waals surface area (Å²) in [5, 5.41) is 13.2. The molecule has 0 atom stereocenters. The molecule has 4 rings (SSSR count). The summed E-state index contributed by atoms with van der Waals surface area (Å²) < 4.78 is 2.52. The third kappa shape index (κ3) is 1.45. The zero-order valence-corrected chi connectivity index (χ0v) is 10.3. The van der Waals surface area contributed by atoms with Crippen LogP contribution < -0.4 is 5.69 Å². The quantitative estimate of drug-likeness (QED) is 0.521. The fourth-order valence-corrected chi connectivity index (χ4v) is 2.20. The standard InChI is InChI=1S/C14H9N5O/c20-14-18(10-6-2-1-3-7-10)17-15-13-11-8-4-5-9-12(11)16-19(13)14/h1-9H. The van der Waals surface area contributed by atoms with Gasteiger partial charge in [-0.25, -0.2) is 4.79 Å². The summed E-state index contributed by atoms with van der Waals surface area (Å²) in [6, 6.07) is 16.6. The van der Waals surface area contributed by atoms with Crippen molar-refractivity contribution in [1.82, 2.24) is 24.6 Å². The molecule has 0 fully saturated rings. The molecule has 2 heterocycles. The van der Waals surface area contributed by atoms with E-state index in [2.05, 4.69) is 15.4 Å². The van der Waals surface area contributed by atoms with Gasteiger partial charge >= 0.3 is 5.69 Å². The van der Waals surface area contributed by atoms with E-state index in [1.807, 2.05) is 42.5 Å². The molecule has 0 spiro atoms. The number of para-hydroxylation sites is 1. The molecule has 2 aromatic carbocycles. The summed E-state index contributed by atoms with van der Waals surface area (Å²) in [7, 11) is 0. The highest BCUT2D eigenvalue weighted by Crippen LogP contribution is 2.15. The van der Waals surface area contributed by atoms with E-state index in [1.54, 1.807) is 12.1 Å². The van der Waals surface area contributed by atoms with E-state index in [1.165, 1.54) is 9.20 Å². The SMILES string of the molecule is O=c1n(-c2ccccc2)nnc2c3ccccc3nn12. The Morgan fingerprint density at radius 3 is 2.50 bits per heavy atom. The van der Waals surface area contributed by atoms with E-state index in [4.69, 9.17) is 0 Å². The van der Waals surface area contributed by atoms with Crippen molar-refractivity contribution in [3.05, 3.63) is 65.1 Å². The lowest BCUT2D eigenvalue weighted by Crippen LogP contribution is -2.29. The Balaban J connectivity index is 2.10. The average molecular weight is 263 g/mol. The molecule has 0 aliphatic heterocycles. The Kier molecular flexibility index (Phi) is 2.17. The smallest absolute Gasteiger partial charge is 0.243 e. The first-order valence-electron chi connectivity index (χ1n) is 6.13. The van der Waals surface area contributed by atoms with Gasteiger partial charge in [-0.05, 0) is 24.3 Å². The van der Waals surface area contributed by atoms with Crippen LogP contribution in [-0.4, -0.2) is 24.6 Å². The van der Waals surface area contributed by atoms with E-state index in [0.717, 1.165) is 10.9 Å². The van der Waals surface area contributed by atoms with E-state index in [-0.39, 0.29) is 5.69 Å². The van der Waals surface area contributed by atoms with Crippen molar-refractivity contribution in [3.8, 4) is 5.69 Å². The summed E-state index contributed by atoms with van der Waals surface area (Å²) >= 11 is 0. The number of nitrogens with zero attached hydrogens (tertiary/aromatic N) is 5. The number of fused-ring (bicyclic) bond motifs is 3. The third-order valence-corrected chi connectivity index (χ3v) is 3.15. The maximum absolute atomic E-state index is 12.5. The number of rotatable bonds is 1. The summed E-state index contributed by atoms with van der Waals surface area (Å²) in [6.07, 6.45) is 0. The molecule has 6 nitrogen and oxygen atoms in total. The second-order valence-corrected chi connectivity index (χ2v) is 4.37. The molecule has 0 N–H and O–H groups in total. The van der Waals surface area contributed by atoms with Gasteiger partial charge < -0.3 is 0 Å². The minimum atomic E-state index is -0.336. The lowest BCUT2D eigenvalue weighted by Gasteiger charge is -2.02. The van der Waals surface area contributed by atoms with E-state index >= 15 is 0 Å². The molecule has 6 heteroatoms. The molecule has 0 saturated carbocycles. The Hall–Kier alpha value is -3.02. The Bertz CT molecular complexity index is 971. The van der Waals surface area contributed by atoms with Crippen LogP contribution in [0.4, 0.5) is 0 Å².